The number of aromatic nitrogens is 1. The van der Waals surface area contributed by atoms with E-state index < -0.39 is 9.84 Å². The number of sulfone groups is 1. The third kappa shape index (κ3) is 4.41. The number of nitrogens with zero attached hydrogens (tertiary/aromatic N) is 1. The van der Waals surface area contributed by atoms with E-state index in [4.69, 9.17) is 11.6 Å². The number of halogens is 1. The molecule has 0 atom stereocenters. The molecule has 2 aromatic rings. The Bertz CT molecular complexity index is 775. The van der Waals surface area contributed by atoms with Crippen LogP contribution in [-0.2, 0) is 9.84 Å². The average molecular weight is 327 g/mol. The topological polar surface area (TPSA) is 76.1 Å². The summed E-state index contributed by atoms with van der Waals surface area (Å²) in [6, 6.07) is 9.04. The summed E-state index contributed by atoms with van der Waals surface area (Å²) < 4.78 is 22.0. The molecule has 1 amide bonds. The molecule has 1 aromatic carbocycles. The molecule has 5 nitrogen and oxygen atoms in total. The predicted molar refractivity (Wildman–Crippen MR) is 83.4 cm³/mol. The highest BCUT2D eigenvalue weighted by molar-refractivity contribution is 7.90. The second-order valence-electron chi connectivity index (χ2n) is 4.76. The molecule has 21 heavy (non-hydrogen) atoms. The number of hydrogen-bond donors (Lipinski definition) is 1. The van der Waals surface area contributed by atoms with Crippen LogP contribution in [0, 0.1) is 0 Å². The first kappa shape index (κ1) is 15.7. The molecule has 0 radical (unpaired) electrons. The summed E-state index contributed by atoms with van der Waals surface area (Å²) in [6.45, 7) is 0.276. The summed E-state index contributed by atoms with van der Waals surface area (Å²) in [5.74, 6) is -0.324. The first-order valence-corrected chi connectivity index (χ1v) is 8.82. The van der Waals surface area contributed by atoms with E-state index in [9.17, 15) is 13.2 Å². The second-order valence-corrected chi connectivity index (χ2v) is 7.38. The lowest BCUT2D eigenvalue weighted by Gasteiger charge is -2.06. The number of fused-ring (bicyclic) bond motifs is 1. The van der Waals surface area contributed by atoms with Crippen LogP contribution >= 0.6 is 11.6 Å². The Morgan fingerprint density at radius 3 is 2.76 bits per heavy atom. The van der Waals surface area contributed by atoms with Crippen molar-refractivity contribution < 1.29 is 13.2 Å². The van der Waals surface area contributed by atoms with Gasteiger partial charge in [0.1, 0.15) is 20.7 Å². The average Bonchev–Trinajstić information content (AvgIpc) is 2.42. The highest BCUT2D eigenvalue weighted by atomic mass is 35.5. The van der Waals surface area contributed by atoms with Gasteiger partial charge in [-0.1, -0.05) is 35.9 Å². The first-order valence-electron chi connectivity index (χ1n) is 6.38. The van der Waals surface area contributed by atoms with Crippen molar-refractivity contribution in [1.82, 2.24) is 10.3 Å². The van der Waals surface area contributed by atoms with Crippen LogP contribution in [0.5, 0.6) is 0 Å². The summed E-state index contributed by atoms with van der Waals surface area (Å²) in [7, 11) is -3.01. The van der Waals surface area contributed by atoms with Gasteiger partial charge in [0.25, 0.3) is 5.91 Å². The van der Waals surface area contributed by atoms with Crippen molar-refractivity contribution in [3.05, 3.63) is 41.2 Å². The van der Waals surface area contributed by atoms with E-state index in [0.717, 1.165) is 10.8 Å². The molecule has 0 bridgehead atoms. The monoisotopic (exact) mass is 326 g/mol. The normalized spacial score (nSPS) is 11.5. The van der Waals surface area contributed by atoms with Gasteiger partial charge >= 0.3 is 0 Å². The number of pyridine rings is 1. The second kappa shape index (κ2) is 6.41. The van der Waals surface area contributed by atoms with Crippen LogP contribution < -0.4 is 5.32 Å². The molecule has 0 fully saturated rings. The SMILES string of the molecule is CS(=O)(=O)CCCNC(=O)c1cc2ccccc2c(Cl)n1. The van der Waals surface area contributed by atoms with Crippen molar-refractivity contribution in [2.24, 2.45) is 0 Å². The molecule has 0 aliphatic heterocycles. The van der Waals surface area contributed by atoms with Crippen molar-refractivity contribution in [1.29, 1.82) is 0 Å². The highest BCUT2D eigenvalue weighted by Gasteiger charge is 2.11. The molecule has 1 aromatic heterocycles. The molecule has 1 heterocycles. The molecule has 1 N–H and O–H groups in total. The Balaban J connectivity index is 2.06. The number of amides is 1. The van der Waals surface area contributed by atoms with Gasteiger partial charge in [-0.05, 0) is 17.9 Å². The van der Waals surface area contributed by atoms with Crippen molar-refractivity contribution in [2.45, 2.75) is 6.42 Å². The van der Waals surface area contributed by atoms with Crippen LogP contribution in [0.25, 0.3) is 10.8 Å². The van der Waals surface area contributed by atoms with E-state index >= 15 is 0 Å². The Hall–Kier alpha value is -1.66. The minimum atomic E-state index is -3.01. The lowest BCUT2D eigenvalue weighted by molar-refractivity contribution is 0.0949. The Labute approximate surface area is 128 Å². The summed E-state index contributed by atoms with van der Waals surface area (Å²) in [5, 5.41) is 4.53. The highest BCUT2D eigenvalue weighted by Crippen LogP contribution is 2.22. The number of rotatable bonds is 5. The smallest absolute Gasteiger partial charge is 0.269 e. The predicted octanol–water partition coefficient (Wildman–Crippen LogP) is 2.05. The standard InChI is InChI=1S/C14H15ClN2O3S/c1-21(19,20)8-4-7-16-14(18)12-9-10-5-2-3-6-11(10)13(15)17-12/h2-3,5-6,9H,4,7-8H2,1H3,(H,16,18). The van der Waals surface area contributed by atoms with Gasteiger partial charge in [-0.2, -0.15) is 0 Å². The largest absolute Gasteiger partial charge is 0.351 e. The van der Waals surface area contributed by atoms with Crippen molar-refractivity contribution in [2.75, 3.05) is 18.6 Å². The molecule has 0 spiro atoms. The molecular weight excluding hydrogens is 312 g/mol. The number of carbonyl (C=O) groups excluding carboxylic acids is 1. The number of hydrogen-bond acceptors (Lipinski definition) is 4. The van der Waals surface area contributed by atoms with Gasteiger partial charge in [0.15, 0.2) is 0 Å². The maximum Gasteiger partial charge on any atom is 0.269 e. The number of carbonyl (C=O) groups is 1. The summed E-state index contributed by atoms with van der Waals surface area (Å²) in [5.41, 5.74) is 0.220. The molecular formula is C14H15ClN2O3S. The van der Waals surface area contributed by atoms with Gasteiger partial charge in [0.05, 0.1) is 5.75 Å². The minimum Gasteiger partial charge on any atom is -0.351 e. The van der Waals surface area contributed by atoms with E-state index in [1.807, 2.05) is 24.3 Å². The summed E-state index contributed by atoms with van der Waals surface area (Å²) in [4.78, 5) is 16.0. The maximum absolute atomic E-state index is 12.0. The van der Waals surface area contributed by atoms with Crippen LogP contribution in [0.2, 0.25) is 5.15 Å². The van der Waals surface area contributed by atoms with Crippen molar-refractivity contribution >= 4 is 38.1 Å². The lowest BCUT2D eigenvalue weighted by Crippen LogP contribution is -2.26. The molecule has 2 rings (SSSR count). The molecule has 0 saturated heterocycles. The zero-order valence-electron chi connectivity index (χ0n) is 11.5. The Morgan fingerprint density at radius 1 is 1.33 bits per heavy atom. The summed E-state index contributed by atoms with van der Waals surface area (Å²) in [6.07, 6.45) is 1.53. The van der Waals surface area contributed by atoms with Gasteiger partial charge in [-0.15, -0.1) is 0 Å². The van der Waals surface area contributed by atoms with E-state index in [2.05, 4.69) is 10.3 Å². The Morgan fingerprint density at radius 2 is 2.05 bits per heavy atom. The van der Waals surface area contributed by atoms with Gasteiger partial charge in [-0.25, -0.2) is 13.4 Å². The van der Waals surface area contributed by atoms with Crippen LogP contribution in [0.3, 0.4) is 0 Å². The zero-order chi connectivity index (χ0) is 15.5. The van der Waals surface area contributed by atoms with Gasteiger partial charge in [0, 0.05) is 18.2 Å². The minimum absolute atomic E-state index is 0.0409. The lowest BCUT2D eigenvalue weighted by atomic mass is 10.1. The number of benzene rings is 1. The van der Waals surface area contributed by atoms with Gasteiger partial charge < -0.3 is 5.32 Å². The molecule has 7 heteroatoms. The van der Waals surface area contributed by atoms with E-state index in [0.29, 0.717) is 6.42 Å². The van der Waals surface area contributed by atoms with Gasteiger partial charge in [-0.3, -0.25) is 4.79 Å². The fraction of sp³-hybridized carbons (Fsp3) is 0.286. The summed E-state index contributed by atoms with van der Waals surface area (Å²) >= 11 is 6.06. The molecule has 0 saturated carbocycles. The van der Waals surface area contributed by atoms with Crippen molar-refractivity contribution in [3.8, 4) is 0 Å². The fourth-order valence-corrected chi connectivity index (χ4v) is 2.83. The van der Waals surface area contributed by atoms with Crippen molar-refractivity contribution in [3.63, 3.8) is 0 Å². The van der Waals surface area contributed by atoms with E-state index in [1.165, 1.54) is 6.26 Å². The number of nitrogens with one attached hydrogen (secondary N) is 1. The zero-order valence-corrected chi connectivity index (χ0v) is 13.0. The molecule has 0 aliphatic rings. The van der Waals surface area contributed by atoms with Gasteiger partial charge in [0.2, 0.25) is 0 Å². The van der Waals surface area contributed by atoms with Crippen LogP contribution in [0.15, 0.2) is 30.3 Å². The third-order valence-electron chi connectivity index (χ3n) is 2.90. The van der Waals surface area contributed by atoms with E-state index in [-0.39, 0.29) is 29.1 Å². The molecule has 112 valence electrons. The Kier molecular flexibility index (Phi) is 4.80. The quantitative estimate of drug-likeness (QED) is 0.674. The van der Waals surface area contributed by atoms with Crippen LogP contribution in [-0.4, -0.2) is 37.9 Å². The third-order valence-corrected chi connectivity index (χ3v) is 4.22. The fourth-order valence-electron chi connectivity index (χ4n) is 1.90. The van der Waals surface area contributed by atoms with Crippen LogP contribution in [0.4, 0.5) is 0 Å². The van der Waals surface area contributed by atoms with E-state index in [1.54, 1.807) is 6.07 Å². The van der Waals surface area contributed by atoms with Crippen LogP contribution in [0.1, 0.15) is 16.9 Å². The molecule has 0 unspecified atom stereocenters. The first-order chi connectivity index (χ1) is 9.87. The molecule has 0 aliphatic carbocycles. The maximum atomic E-state index is 12.0.